The summed E-state index contributed by atoms with van der Waals surface area (Å²) in [5.74, 6) is -1.52. The number of carbonyl (C=O) groups is 1. The van der Waals surface area contributed by atoms with Crippen molar-refractivity contribution >= 4 is 46.9 Å². The maximum absolute atomic E-state index is 13.6. The summed E-state index contributed by atoms with van der Waals surface area (Å²) in [6, 6.07) is 8.04. The van der Waals surface area contributed by atoms with Gasteiger partial charge in [0.25, 0.3) is 5.91 Å². The van der Waals surface area contributed by atoms with Crippen molar-refractivity contribution in [2.45, 2.75) is 6.18 Å². The van der Waals surface area contributed by atoms with E-state index >= 15 is 0 Å². The molecule has 0 atom stereocenters. The first-order valence-electron chi connectivity index (χ1n) is 8.00. The molecule has 0 radical (unpaired) electrons. The van der Waals surface area contributed by atoms with Gasteiger partial charge in [-0.25, -0.2) is 10.1 Å². The number of hydrogen-bond donors (Lipinski definition) is 2. The summed E-state index contributed by atoms with van der Waals surface area (Å²) in [6.07, 6.45) is -3.12. The number of rotatable bonds is 4. The standard InChI is InChI=1S/C18H10Cl3F3N4O2/c19-10-1-3-12(4-2-10)28-16(18(22,23)24)13(8-26-28)17(30)27-25-7-9-5-11(20)6-14(21)15(9)29/h1-8,29H,(H,27,30)/b25-7+. The van der Waals surface area contributed by atoms with Gasteiger partial charge in [0, 0.05) is 15.6 Å². The molecule has 156 valence electrons. The second-order valence-corrected chi connectivity index (χ2v) is 7.10. The molecular weight excluding hydrogens is 468 g/mol. The van der Waals surface area contributed by atoms with E-state index in [2.05, 4.69) is 10.2 Å². The van der Waals surface area contributed by atoms with Gasteiger partial charge in [-0.1, -0.05) is 34.8 Å². The number of nitrogens with zero attached hydrogens (tertiary/aromatic N) is 3. The van der Waals surface area contributed by atoms with Gasteiger partial charge in [0.15, 0.2) is 5.69 Å². The number of halogens is 6. The highest BCUT2D eigenvalue weighted by Crippen LogP contribution is 2.34. The molecule has 1 heterocycles. The third kappa shape index (κ3) is 4.69. The monoisotopic (exact) mass is 476 g/mol. The zero-order valence-corrected chi connectivity index (χ0v) is 16.9. The molecule has 0 aliphatic heterocycles. The molecule has 3 rings (SSSR count). The maximum atomic E-state index is 13.6. The second kappa shape index (κ2) is 8.55. The Bertz CT molecular complexity index is 1130. The smallest absolute Gasteiger partial charge is 0.434 e. The van der Waals surface area contributed by atoms with Crippen LogP contribution >= 0.6 is 34.8 Å². The molecule has 1 aromatic heterocycles. The van der Waals surface area contributed by atoms with Gasteiger partial charge in [-0.15, -0.1) is 0 Å². The van der Waals surface area contributed by atoms with E-state index in [0.29, 0.717) is 9.70 Å². The molecule has 2 aromatic carbocycles. The molecule has 0 aliphatic carbocycles. The normalized spacial score (nSPS) is 11.8. The second-order valence-electron chi connectivity index (χ2n) is 5.82. The van der Waals surface area contributed by atoms with Gasteiger partial charge in [0.1, 0.15) is 5.75 Å². The molecule has 30 heavy (non-hydrogen) atoms. The summed E-state index contributed by atoms with van der Waals surface area (Å²) in [7, 11) is 0. The van der Waals surface area contributed by atoms with Gasteiger partial charge in [-0.3, -0.25) is 4.79 Å². The van der Waals surface area contributed by atoms with E-state index < -0.39 is 23.3 Å². The molecule has 3 aromatic rings. The van der Waals surface area contributed by atoms with Crippen LogP contribution in [0.4, 0.5) is 13.2 Å². The fourth-order valence-electron chi connectivity index (χ4n) is 2.47. The first-order chi connectivity index (χ1) is 14.1. The third-order valence-electron chi connectivity index (χ3n) is 3.78. The van der Waals surface area contributed by atoms with Crippen LogP contribution < -0.4 is 5.43 Å². The van der Waals surface area contributed by atoms with Crippen LogP contribution in [0, 0.1) is 0 Å². The van der Waals surface area contributed by atoms with Gasteiger partial charge < -0.3 is 5.11 Å². The van der Waals surface area contributed by atoms with Gasteiger partial charge in [0.05, 0.1) is 28.7 Å². The highest BCUT2D eigenvalue weighted by atomic mass is 35.5. The fourth-order valence-corrected chi connectivity index (χ4v) is 3.11. The number of aromatic hydroxyl groups is 1. The zero-order chi connectivity index (χ0) is 22.1. The molecule has 12 heteroatoms. The number of phenols is 1. The largest absolute Gasteiger partial charge is 0.506 e. The van der Waals surface area contributed by atoms with Crippen LogP contribution in [-0.2, 0) is 6.18 Å². The van der Waals surface area contributed by atoms with Crippen LogP contribution in [-0.4, -0.2) is 27.0 Å². The summed E-state index contributed by atoms with van der Waals surface area (Å²) in [4.78, 5) is 12.3. The lowest BCUT2D eigenvalue weighted by molar-refractivity contribution is -0.143. The van der Waals surface area contributed by atoms with E-state index in [9.17, 15) is 23.1 Å². The van der Waals surface area contributed by atoms with Crippen molar-refractivity contribution < 1.29 is 23.1 Å². The van der Waals surface area contributed by atoms with Crippen LogP contribution in [0.3, 0.4) is 0 Å². The third-order valence-corrected chi connectivity index (χ3v) is 4.54. The molecule has 0 unspecified atom stereocenters. The Morgan fingerprint density at radius 1 is 1.13 bits per heavy atom. The summed E-state index contributed by atoms with van der Waals surface area (Å²) in [5, 5.41) is 17.5. The number of phenolic OH excluding ortho intramolecular Hbond substituents is 1. The van der Waals surface area contributed by atoms with Crippen molar-refractivity contribution in [2.24, 2.45) is 5.10 Å². The SMILES string of the molecule is O=C(N/N=C/c1cc(Cl)cc(Cl)c1O)c1cnn(-c2ccc(Cl)cc2)c1C(F)(F)F. The first kappa shape index (κ1) is 21.9. The molecule has 1 amide bonds. The first-order valence-corrected chi connectivity index (χ1v) is 9.14. The van der Waals surface area contributed by atoms with Crippen molar-refractivity contribution in [3.63, 3.8) is 0 Å². The minimum absolute atomic E-state index is 0.0562. The Morgan fingerprint density at radius 2 is 1.80 bits per heavy atom. The number of carbonyl (C=O) groups excluding carboxylic acids is 1. The zero-order valence-electron chi connectivity index (χ0n) is 14.6. The van der Waals surface area contributed by atoms with Crippen molar-refractivity contribution in [3.8, 4) is 11.4 Å². The van der Waals surface area contributed by atoms with Crippen molar-refractivity contribution in [2.75, 3.05) is 0 Å². The summed E-state index contributed by atoms with van der Waals surface area (Å²) < 4.78 is 41.5. The quantitative estimate of drug-likeness (QED) is 0.394. The summed E-state index contributed by atoms with van der Waals surface area (Å²) in [5.41, 5.74) is 0.0445. The number of hydrazone groups is 1. The van der Waals surface area contributed by atoms with E-state index in [1.54, 1.807) is 0 Å². The fraction of sp³-hybridized carbons (Fsp3) is 0.0556. The molecule has 0 fully saturated rings. The van der Waals surface area contributed by atoms with Crippen LogP contribution in [0.25, 0.3) is 5.69 Å². The van der Waals surface area contributed by atoms with E-state index in [0.717, 1.165) is 12.4 Å². The van der Waals surface area contributed by atoms with Crippen molar-refractivity contribution in [1.29, 1.82) is 0 Å². The molecular formula is C18H10Cl3F3N4O2. The molecule has 2 N–H and O–H groups in total. The molecule has 0 bridgehead atoms. The van der Waals surface area contributed by atoms with E-state index in [1.165, 1.54) is 36.4 Å². The lowest BCUT2D eigenvalue weighted by atomic mass is 10.2. The Hall–Kier alpha value is -2.75. The van der Waals surface area contributed by atoms with E-state index in [4.69, 9.17) is 34.8 Å². The van der Waals surface area contributed by atoms with E-state index in [1.807, 2.05) is 5.43 Å². The summed E-state index contributed by atoms with van der Waals surface area (Å²) >= 11 is 17.3. The van der Waals surface area contributed by atoms with Gasteiger partial charge in [-0.05, 0) is 36.4 Å². The number of benzene rings is 2. The summed E-state index contributed by atoms with van der Waals surface area (Å²) in [6.45, 7) is 0. The molecule has 0 saturated heterocycles. The van der Waals surface area contributed by atoms with Crippen LogP contribution in [0.5, 0.6) is 5.75 Å². The lowest BCUT2D eigenvalue weighted by Gasteiger charge is -2.12. The number of nitrogens with one attached hydrogen (secondary N) is 1. The highest BCUT2D eigenvalue weighted by molar-refractivity contribution is 6.36. The lowest BCUT2D eigenvalue weighted by Crippen LogP contribution is -2.23. The van der Waals surface area contributed by atoms with E-state index in [-0.39, 0.29) is 27.0 Å². The molecule has 0 aliphatic rings. The number of aromatic nitrogens is 2. The Labute approximate surface area is 182 Å². The Balaban J connectivity index is 1.90. The maximum Gasteiger partial charge on any atom is 0.434 e. The molecule has 0 saturated carbocycles. The number of alkyl halides is 3. The number of hydrogen-bond acceptors (Lipinski definition) is 4. The van der Waals surface area contributed by atoms with Crippen molar-refractivity contribution in [3.05, 3.63) is 74.5 Å². The minimum atomic E-state index is -4.88. The predicted octanol–water partition coefficient (Wildman–Crippen LogP) is 5.32. The number of amides is 1. The Morgan fingerprint density at radius 3 is 2.43 bits per heavy atom. The molecule has 6 nitrogen and oxygen atoms in total. The highest BCUT2D eigenvalue weighted by Gasteiger charge is 2.40. The average molecular weight is 478 g/mol. The minimum Gasteiger partial charge on any atom is -0.506 e. The average Bonchev–Trinajstić information content (AvgIpc) is 3.12. The van der Waals surface area contributed by atoms with Crippen LogP contribution in [0.15, 0.2) is 47.7 Å². The van der Waals surface area contributed by atoms with Crippen molar-refractivity contribution in [1.82, 2.24) is 15.2 Å². The van der Waals surface area contributed by atoms with Crippen LogP contribution in [0.2, 0.25) is 15.1 Å². The van der Waals surface area contributed by atoms with Gasteiger partial charge in [-0.2, -0.15) is 23.4 Å². The topological polar surface area (TPSA) is 79.5 Å². The van der Waals surface area contributed by atoms with Gasteiger partial charge >= 0.3 is 6.18 Å². The molecule has 0 spiro atoms. The van der Waals surface area contributed by atoms with Crippen LogP contribution in [0.1, 0.15) is 21.6 Å². The Kier molecular flexibility index (Phi) is 6.25. The van der Waals surface area contributed by atoms with Gasteiger partial charge in [0.2, 0.25) is 0 Å². The predicted molar refractivity (Wildman–Crippen MR) is 107 cm³/mol.